The van der Waals surface area contributed by atoms with Gasteiger partial charge in [-0.25, -0.2) is 5.01 Å². The van der Waals surface area contributed by atoms with E-state index < -0.39 is 0 Å². The van der Waals surface area contributed by atoms with Crippen molar-refractivity contribution in [3.8, 4) is 0 Å². The number of hydrogen-bond donors (Lipinski definition) is 1. The van der Waals surface area contributed by atoms with Crippen molar-refractivity contribution in [2.75, 3.05) is 33.2 Å². The Morgan fingerprint density at radius 1 is 0.938 bits per heavy atom. The molecule has 0 bridgehead atoms. The Bertz CT molecular complexity index is 199. The van der Waals surface area contributed by atoms with Crippen molar-refractivity contribution in [2.45, 2.75) is 45.1 Å². The van der Waals surface area contributed by atoms with Crippen molar-refractivity contribution in [2.24, 2.45) is 5.92 Å². The predicted molar refractivity (Wildman–Crippen MR) is 68.2 cm³/mol. The van der Waals surface area contributed by atoms with Crippen LogP contribution in [0.25, 0.3) is 0 Å². The van der Waals surface area contributed by atoms with Crippen molar-refractivity contribution in [3.05, 3.63) is 0 Å². The molecular formula is C13H27N3. The highest BCUT2D eigenvalue weighted by Gasteiger charge is 2.20. The molecule has 2 rings (SSSR count). The fourth-order valence-corrected chi connectivity index (χ4v) is 2.81. The summed E-state index contributed by atoms with van der Waals surface area (Å²) in [4.78, 5) is 2.41. The van der Waals surface area contributed by atoms with Gasteiger partial charge in [0.25, 0.3) is 0 Å². The van der Waals surface area contributed by atoms with Crippen LogP contribution in [0.3, 0.4) is 0 Å². The van der Waals surface area contributed by atoms with Crippen LogP contribution in [-0.2, 0) is 0 Å². The number of nitrogens with one attached hydrogen (secondary N) is 1. The van der Waals surface area contributed by atoms with Gasteiger partial charge in [0.1, 0.15) is 0 Å². The molecule has 1 aliphatic heterocycles. The lowest BCUT2D eigenvalue weighted by Crippen LogP contribution is -2.53. The normalized spacial score (nSPS) is 34.9. The maximum absolute atomic E-state index is 3.75. The van der Waals surface area contributed by atoms with Gasteiger partial charge < -0.3 is 4.90 Å². The molecule has 0 aromatic rings. The molecule has 1 saturated carbocycles. The van der Waals surface area contributed by atoms with Gasteiger partial charge in [-0.1, -0.05) is 19.8 Å². The Kier molecular flexibility index (Phi) is 4.62. The van der Waals surface area contributed by atoms with Crippen LogP contribution in [0.2, 0.25) is 0 Å². The number of hydrogen-bond acceptors (Lipinski definition) is 3. The van der Waals surface area contributed by atoms with E-state index in [0.29, 0.717) is 0 Å². The highest BCUT2D eigenvalue weighted by Crippen LogP contribution is 2.22. The molecule has 2 aliphatic rings. The van der Waals surface area contributed by atoms with E-state index in [-0.39, 0.29) is 0 Å². The molecule has 16 heavy (non-hydrogen) atoms. The van der Waals surface area contributed by atoms with Crippen LogP contribution >= 0.6 is 0 Å². The summed E-state index contributed by atoms with van der Waals surface area (Å²) in [5.41, 5.74) is 3.75. The van der Waals surface area contributed by atoms with Crippen LogP contribution in [0, 0.1) is 5.92 Å². The largest absolute Gasteiger partial charge is 0.304 e. The predicted octanol–water partition coefficient (Wildman–Crippen LogP) is 1.71. The number of rotatable bonds is 2. The summed E-state index contributed by atoms with van der Waals surface area (Å²) in [6.07, 6.45) is 6.99. The third-order valence-corrected chi connectivity index (χ3v) is 4.13. The van der Waals surface area contributed by atoms with Gasteiger partial charge in [-0.15, -0.1) is 0 Å². The molecule has 1 saturated heterocycles. The van der Waals surface area contributed by atoms with E-state index in [1.165, 1.54) is 58.3 Å². The number of piperazine rings is 1. The van der Waals surface area contributed by atoms with Crippen LogP contribution in [0.15, 0.2) is 0 Å². The zero-order valence-corrected chi connectivity index (χ0v) is 10.9. The number of nitrogens with zero attached hydrogens (tertiary/aromatic N) is 2. The molecule has 1 N–H and O–H groups in total. The minimum Gasteiger partial charge on any atom is -0.304 e. The zero-order chi connectivity index (χ0) is 11.4. The molecule has 1 heterocycles. The Hall–Kier alpha value is -0.120. The fraction of sp³-hybridized carbons (Fsp3) is 1.00. The maximum atomic E-state index is 3.75. The average Bonchev–Trinajstić information content (AvgIpc) is 2.47. The second kappa shape index (κ2) is 5.99. The summed E-state index contributed by atoms with van der Waals surface area (Å²) in [6.45, 7) is 7.18. The first-order valence-corrected chi connectivity index (χ1v) is 6.93. The SMILES string of the molecule is CC1CCCC(NN2CCN(C)CC2)CC1. The molecule has 0 aromatic heterocycles. The highest BCUT2D eigenvalue weighted by molar-refractivity contribution is 4.74. The van der Waals surface area contributed by atoms with Crippen LogP contribution in [-0.4, -0.2) is 49.2 Å². The standard InChI is InChI=1S/C13H27N3/c1-12-4-3-5-13(7-6-12)14-16-10-8-15(2)9-11-16/h12-14H,3-11H2,1-2H3. The van der Waals surface area contributed by atoms with Gasteiger partial charge in [-0.2, -0.15) is 0 Å². The number of likely N-dealkylation sites (N-methyl/N-ethyl adjacent to an activating group) is 1. The minimum atomic E-state index is 0.744. The van der Waals surface area contributed by atoms with E-state index in [2.05, 4.69) is 29.3 Å². The van der Waals surface area contributed by atoms with Crippen LogP contribution in [0.1, 0.15) is 39.0 Å². The van der Waals surface area contributed by atoms with Crippen molar-refractivity contribution >= 4 is 0 Å². The molecule has 3 nitrogen and oxygen atoms in total. The fourth-order valence-electron chi connectivity index (χ4n) is 2.81. The van der Waals surface area contributed by atoms with Gasteiger partial charge in [0.2, 0.25) is 0 Å². The van der Waals surface area contributed by atoms with Gasteiger partial charge in [0.05, 0.1) is 0 Å². The molecule has 2 unspecified atom stereocenters. The van der Waals surface area contributed by atoms with Gasteiger partial charge >= 0.3 is 0 Å². The van der Waals surface area contributed by atoms with E-state index >= 15 is 0 Å². The second-order valence-electron chi connectivity index (χ2n) is 5.73. The van der Waals surface area contributed by atoms with E-state index in [9.17, 15) is 0 Å². The smallest absolute Gasteiger partial charge is 0.0259 e. The van der Waals surface area contributed by atoms with Gasteiger partial charge in [0.15, 0.2) is 0 Å². The summed E-state index contributed by atoms with van der Waals surface area (Å²) in [7, 11) is 2.21. The first-order chi connectivity index (χ1) is 7.74. The Balaban J connectivity index is 1.72. The minimum absolute atomic E-state index is 0.744. The summed E-state index contributed by atoms with van der Waals surface area (Å²) in [6, 6.07) is 0.744. The van der Waals surface area contributed by atoms with E-state index in [1.807, 2.05) is 0 Å². The Labute approximate surface area is 100 Å². The first kappa shape index (κ1) is 12.3. The summed E-state index contributed by atoms with van der Waals surface area (Å²) < 4.78 is 0. The van der Waals surface area contributed by atoms with Crippen LogP contribution in [0.5, 0.6) is 0 Å². The first-order valence-electron chi connectivity index (χ1n) is 6.93. The molecule has 0 aromatic carbocycles. The molecule has 0 amide bonds. The molecule has 1 aliphatic carbocycles. The molecule has 0 radical (unpaired) electrons. The summed E-state index contributed by atoms with van der Waals surface area (Å²) in [5, 5.41) is 2.45. The van der Waals surface area contributed by atoms with Crippen molar-refractivity contribution in [1.82, 2.24) is 15.3 Å². The molecule has 94 valence electrons. The van der Waals surface area contributed by atoms with Crippen LogP contribution in [0.4, 0.5) is 0 Å². The molecule has 0 spiro atoms. The van der Waals surface area contributed by atoms with Crippen molar-refractivity contribution in [3.63, 3.8) is 0 Å². The van der Waals surface area contributed by atoms with Gasteiger partial charge in [-0.3, -0.25) is 5.43 Å². The third kappa shape index (κ3) is 3.72. The third-order valence-electron chi connectivity index (χ3n) is 4.13. The van der Waals surface area contributed by atoms with Crippen molar-refractivity contribution in [1.29, 1.82) is 0 Å². The quantitative estimate of drug-likeness (QED) is 0.722. The molecule has 2 fully saturated rings. The molecular weight excluding hydrogens is 198 g/mol. The monoisotopic (exact) mass is 225 g/mol. The molecule has 2 atom stereocenters. The summed E-state index contributed by atoms with van der Waals surface area (Å²) in [5.74, 6) is 0.944. The lowest BCUT2D eigenvalue weighted by Gasteiger charge is -2.35. The van der Waals surface area contributed by atoms with E-state index in [4.69, 9.17) is 0 Å². The highest BCUT2D eigenvalue weighted by atomic mass is 15.5. The van der Waals surface area contributed by atoms with Crippen molar-refractivity contribution < 1.29 is 0 Å². The van der Waals surface area contributed by atoms with Gasteiger partial charge in [0, 0.05) is 32.2 Å². The zero-order valence-electron chi connectivity index (χ0n) is 10.9. The Morgan fingerprint density at radius 2 is 1.69 bits per heavy atom. The lowest BCUT2D eigenvalue weighted by atomic mass is 10.0. The van der Waals surface area contributed by atoms with E-state index in [1.54, 1.807) is 0 Å². The topological polar surface area (TPSA) is 18.5 Å². The van der Waals surface area contributed by atoms with Crippen LogP contribution < -0.4 is 5.43 Å². The second-order valence-corrected chi connectivity index (χ2v) is 5.73. The maximum Gasteiger partial charge on any atom is 0.0259 e. The lowest BCUT2D eigenvalue weighted by molar-refractivity contribution is 0.0832. The Morgan fingerprint density at radius 3 is 2.44 bits per heavy atom. The van der Waals surface area contributed by atoms with Gasteiger partial charge in [-0.05, 0) is 32.2 Å². The molecule has 3 heteroatoms. The summed E-state index contributed by atoms with van der Waals surface area (Å²) >= 11 is 0. The average molecular weight is 225 g/mol. The number of hydrazine groups is 1. The van der Waals surface area contributed by atoms with E-state index in [0.717, 1.165) is 12.0 Å².